The van der Waals surface area contributed by atoms with Crippen LogP contribution in [0.15, 0.2) is 0 Å². The minimum absolute atomic E-state index is 0.200. The number of rotatable bonds is 3. The maximum Gasteiger partial charge on any atom is 0.0693 e. The molecule has 0 aliphatic heterocycles. The van der Waals surface area contributed by atoms with Gasteiger partial charge in [-0.3, -0.25) is 0 Å². The first-order valence-corrected chi connectivity index (χ1v) is 4.29. The third-order valence-corrected chi connectivity index (χ3v) is 2.15. The summed E-state index contributed by atoms with van der Waals surface area (Å²) in [5.41, 5.74) is 0. The molecule has 3 N–H and O–H groups in total. The van der Waals surface area contributed by atoms with Crippen LogP contribution in [-0.2, 0) is 0 Å². The third-order valence-electron chi connectivity index (χ3n) is 2.15. The number of hydrogen-bond donors (Lipinski definition) is 3. The Morgan fingerprint density at radius 1 is 1.55 bits per heavy atom. The number of nitrogens with one attached hydrogen (secondary N) is 1. The maximum absolute atomic E-state index is 9.36. The second-order valence-electron chi connectivity index (χ2n) is 3.36. The van der Waals surface area contributed by atoms with Crippen molar-refractivity contribution in [3.63, 3.8) is 0 Å². The van der Waals surface area contributed by atoms with Gasteiger partial charge in [0.15, 0.2) is 0 Å². The van der Waals surface area contributed by atoms with Crippen molar-refractivity contribution < 1.29 is 10.2 Å². The zero-order chi connectivity index (χ0) is 8.27. The lowest BCUT2D eigenvalue weighted by atomic mass is 10.2. The topological polar surface area (TPSA) is 52.5 Å². The van der Waals surface area contributed by atoms with Crippen LogP contribution in [0.5, 0.6) is 0 Å². The van der Waals surface area contributed by atoms with Gasteiger partial charge in [0.05, 0.1) is 12.2 Å². The molecule has 3 atom stereocenters. The molecule has 0 aromatic carbocycles. The molecule has 0 amide bonds. The van der Waals surface area contributed by atoms with Gasteiger partial charge in [-0.15, -0.1) is 0 Å². The fourth-order valence-corrected chi connectivity index (χ4v) is 1.50. The summed E-state index contributed by atoms with van der Waals surface area (Å²) >= 11 is 0. The molecule has 1 saturated carbocycles. The Morgan fingerprint density at radius 2 is 2.27 bits per heavy atom. The van der Waals surface area contributed by atoms with Gasteiger partial charge in [-0.25, -0.2) is 0 Å². The normalized spacial score (nSPS) is 34.1. The minimum Gasteiger partial charge on any atom is -0.392 e. The van der Waals surface area contributed by atoms with E-state index in [-0.39, 0.29) is 18.2 Å². The zero-order valence-corrected chi connectivity index (χ0v) is 6.95. The van der Waals surface area contributed by atoms with Crippen molar-refractivity contribution in [3.05, 3.63) is 0 Å². The Balaban J connectivity index is 2.15. The van der Waals surface area contributed by atoms with E-state index in [1.54, 1.807) is 6.92 Å². The van der Waals surface area contributed by atoms with E-state index in [2.05, 4.69) is 5.32 Å². The fourth-order valence-electron chi connectivity index (χ4n) is 1.50. The Labute approximate surface area is 67.4 Å². The van der Waals surface area contributed by atoms with Crippen molar-refractivity contribution in [2.45, 2.75) is 44.4 Å². The first-order valence-electron chi connectivity index (χ1n) is 4.29. The van der Waals surface area contributed by atoms with Crippen LogP contribution in [0.2, 0.25) is 0 Å². The molecule has 1 aliphatic rings. The summed E-state index contributed by atoms with van der Waals surface area (Å²) in [5, 5.41) is 21.4. The minimum atomic E-state index is -0.317. The molecule has 3 nitrogen and oxygen atoms in total. The summed E-state index contributed by atoms with van der Waals surface area (Å²) in [6, 6.07) is 0.213. The van der Waals surface area contributed by atoms with Crippen molar-refractivity contribution in [3.8, 4) is 0 Å². The highest BCUT2D eigenvalue weighted by atomic mass is 16.3. The lowest BCUT2D eigenvalue weighted by Gasteiger charge is -2.17. The molecule has 1 unspecified atom stereocenters. The molecule has 0 aromatic heterocycles. The Morgan fingerprint density at radius 3 is 2.73 bits per heavy atom. The van der Waals surface area contributed by atoms with Gasteiger partial charge in [-0.1, -0.05) is 0 Å². The second-order valence-corrected chi connectivity index (χ2v) is 3.36. The fraction of sp³-hybridized carbons (Fsp3) is 1.00. The van der Waals surface area contributed by atoms with Crippen molar-refractivity contribution in [1.29, 1.82) is 0 Å². The van der Waals surface area contributed by atoms with E-state index in [1.807, 2.05) is 0 Å². The van der Waals surface area contributed by atoms with Gasteiger partial charge < -0.3 is 15.5 Å². The maximum atomic E-state index is 9.36. The van der Waals surface area contributed by atoms with E-state index in [0.717, 1.165) is 19.3 Å². The average molecular weight is 159 g/mol. The molecule has 0 radical (unpaired) electrons. The van der Waals surface area contributed by atoms with Crippen LogP contribution < -0.4 is 5.32 Å². The lowest BCUT2D eigenvalue weighted by Crippen LogP contribution is -2.39. The number of aliphatic hydroxyl groups excluding tert-OH is 2. The molecule has 0 saturated heterocycles. The predicted octanol–water partition coefficient (Wildman–Crippen LogP) is -0.130. The Hall–Kier alpha value is -0.120. The highest BCUT2D eigenvalue weighted by molar-refractivity contribution is 4.82. The largest absolute Gasteiger partial charge is 0.392 e. The quantitative estimate of drug-likeness (QED) is 0.537. The molecule has 0 heterocycles. The Bertz CT molecular complexity index is 117. The molecule has 1 rings (SSSR count). The van der Waals surface area contributed by atoms with E-state index in [0.29, 0.717) is 6.54 Å². The average Bonchev–Trinajstić information content (AvgIpc) is 2.31. The van der Waals surface area contributed by atoms with E-state index < -0.39 is 0 Å². The molecule has 1 aliphatic carbocycles. The van der Waals surface area contributed by atoms with Gasteiger partial charge in [-0.2, -0.15) is 0 Å². The molecule has 3 heteroatoms. The van der Waals surface area contributed by atoms with Crippen molar-refractivity contribution in [2.75, 3.05) is 6.54 Å². The summed E-state index contributed by atoms with van der Waals surface area (Å²) in [6.07, 6.45) is 2.51. The summed E-state index contributed by atoms with van der Waals surface area (Å²) in [4.78, 5) is 0. The Kier molecular flexibility index (Phi) is 3.30. The van der Waals surface area contributed by atoms with E-state index >= 15 is 0 Å². The molecule has 11 heavy (non-hydrogen) atoms. The van der Waals surface area contributed by atoms with E-state index in [9.17, 15) is 5.11 Å². The van der Waals surface area contributed by atoms with E-state index in [1.165, 1.54) is 0 Å². The standard InChI is InChI=1S/C8H17NO2/c1-6(10)5-9-7-3-2-4-8(7)11/h6-11H,2-5H2,1H3/t6?,7-,8-/m0/s1. The first kappa shape index (κ1) is 8.97. The van der Waals surface area contributed by atoms with Gasteiger partial charge in [-0.05, 0) is 26.2 Å². The SMILES string of the molecule is CC(O)CN[C@H]1CCC[C@@H]1O. The molecule has 1 fully saturated rings. The summed E-state index contributed by atoms with van der Waals surface area (Å²) < 4.78 is 0. The van der Waals surface area contributed by atoms with Crippen molar-refractivity contribution in [1.82, 2.24) is 5.32 Å². The number of aliphatic hydroxyl groups is 2. The predicted molar refractivity (Wildman–Crippen MR) is 43.3 cm³/mol. The molecule has 0 aromatic rings. The molecule has 66 valence electrons. The molecule has 0 bridgehead atoms. The lowest BCUT2D eigenvalue weighted by molar-refractivity contribution is 0.132. The van der Waals surface area contributed by atoms with Gasteiger partial charge >= 0.3 is 0 Å². The molecular formula is C8H17NO2. The van der Waals surface area contributed by atoms with Crippen LogP contribution in [0.3, 0.4) is 0 Å². The van der Waals surface area contributed by atoms with E-state index in [4.69, 9.17) is 5.11 Å². The van der Waals surface area contributed by atoms with Crippen molar-refractivity contribution in [2.24, 2.45) is 0 Å². The van der Waals surface area contributed by atoms with Crippen LogP contribution in [0.4, 0.5) is 0 Å². The van der Waals surface area contributed by atoms with Crippen LogP contribution in [-0.4, -0.2) is 35.0 Å². The first-order chi connectivity index (χ1) is 5.20. The molecule has 0 spiro atoms. The monoisotopic (exact) mass is 159 g/mol. The summed E-state index contributed by atoms with van der Waals surface area (Å²) in [6.45, 7) is 2.33. The second kappa shape index (κ2) is 4.04. The van der Waals surface area contributed by atoms with Crippen molar-refractivity contribution >= 4 is 0 Å². The molecular weight excluding hydrogens is 142 g/mol. The van der Waals surface area contributed by atoms with Crippen LogP contribution in [0.25, 0.3) is 0 Å². The summed E-state index contributed by atoms with van der Waals surface area (Å²) in [5.74, 6) is 0. The highest BCUT2D eigenvalue weighted by Gasteiger charge is 2.24. The number of hydrogen-bond acceptors (Lipinski definition) is 3. The highest BCUT2D eigenvalue weighted by Crippen LogP contribution is 2.18. The van der Waals surface area contributed by atoms with Gasteiger partial charge in [0, 0.05) is 12.6 Å². The third kappa shape index (κ3) is 2.77. The zero-order valence-electron chi connectivity index (χ0n) is 6.95. The van der Waals surface area contributed by atoms with Crippen LogP contribution >= 0.6 is 0 Å². The summed E-state index contributed by atoms with van der Waals surface area (Å²) in [7, 11) is 0. The van der Waals surface area contributed by atoms with Crippen LogP contribution in [0.1, 0.15) is 26.2 Å². The van der Waals surface area contributed by atoms with Crippen LogP contribution in [0, 0.1) is 0 Å². The smallest absolute Gasteiger partial charge is 0.0693 e. The van der Waals surface area contributed by atoms with Gasteiger partial charge in [0.2, 0.25) is 0 Å². The van der Waals surface area contributed by atoms with Gasteiger partial charge in [0.1, 0.15) is 0 Å². The van der Waals surface area contributed by atoms with Gasteiger partial charge in [0.25, 0.3) is 0 Å².